The van der Waals surface area contributed by atoms with E-state index in [-0.39, 0.29) is 24.2 Å². The summed E-state index contributed by atoms with van der Waals surface area (Å²) in [6, 6.07) is 17.1. The molecule has 0 aliphatic carbocycles. The lowest BCUT2D eigenvalue weighted by Crippen LogP contribution is -2.48. The van der Waals surface area contributed by atoms with Gasteiger partial charge in [-0.2, -0.15) is 5.10 Å². The van der Waals surface area contributed by atoms with Crippen molar-refractivity contribution in [2.45, 2.75) is 18.4 Å². The predicted octanol–water partition coefficient (Wildman–Crippen LogP) is 3.27. The third-order valence-corrected chi connectivity index (χ3v) is 5.94. The van der Waals surface area contributed by atoms with Crippen molar-refractivity contribution in [1.82, 2.24) is 15.1 Å². The molecule has 1 aliphatic heterocycles. The molecule has 1 fully saturated rings. The molecule has 2 aromatic carbocycles. The maximum Gasteiger partial charge on any atom is 0.269 e. The van der Waals surface area contributed by atoms with Crippen LogP contribution in [0.5, 0.6) is 0 Å². The van der Waals surface area contributed by atoms with E-state index < -0.39 is 5.60 Å². The Labute approximate surface area is 180 Å². The molecular weight excluding hydrogens is 397 g/mol. The first-order chi connectivity index (χ1) is 15.0. The van der Waals surface area contributed by atoms with E-state index in [4.69, 9.17) is 4.74 Å². The number of aliphatic hydroxyl groups is 1. The van der Waals surface area contributed by atoms with Crippen molar-refractivity contribution < 1.29 is 19.0 Å². The van der Waals surface area contributed by atoms with Gasteiger partial charge in [-0.15, -0.1) is 0 Å². The van der Waals surface area contributed by atoms with E-state index in [9.17, 15) is 14.3 Å². The van der Waals surface area contributed by atoms with Crippen LogP contribution in [0.1, 0.15) is 28.9 Å². The second-order valence-electron chi connectivity index (χ2n) is 7.90. The third kappa shape index (κ3) is 4.52. The van der Waals surface area contributed by atoms with Gasteiger partial charge < -0.3 is 15.2 Å². The van der Waals surface area contributed by atoms with E-state index in [1.54, 1.807) is 25.2 Å². The van der Waals surface area contributed by atoms with Crippen LogP contribution in [0.2, 0.25) is 0 Å². The quantitative estimate of drug-likeness (QED) is 0.638. The third-order valence-electron chi connectivity index (χ3n) is 5.94. The number of amides is 1. The number of benzene rings is 2. The minimum atomic E-state index is -1.20. The molecule has 1 atom stereocenters. The standard InChI is InChI=1S/C24H26FN3O3/c1-28-22(15-21(27-28)17-7-9-20(25)10-8-17)23(29)26-16-24(30,18-5-3-2-4-6-18)19-11-13-31-14-12-19/h2-10,15,19,30H,11-14,16H2,1H3,(H,26,29)/t24-/m1/s1. The summed E-state index contributed by atoms with van der Waals surface area (Å²) in [6.45, 7) is 1.27. The summed E-state index contributed by atoms with van der Waals surface area (Å²) in [5, 5.41) is 18.9. The van der Waals surface area contributed by atoms with Crippen molar-refractivity contribution >= 4 is 5.91 Å². The maximum absolute atomic E-state index is 13.2. The van der Waals surface area contributed by atoms with Gasteiger partial charge in [0.15, 0.2) is 0 Å². The summed E-state index contributed by atoms with van der Waals surface area (Å²) in [4.78, 5) is 13.0. The smallest absolute Gasteiger partial charge is 0.269 e. The van der Waals surface area contributed by atoms with Gasteiger partial charge in [0.25, 0.3) is 5.91 Å². The van der Waals surface area contributed by atoms with Crippen molar-refractivity contribution in [2.75, 3.05) is 19.8 Å². The molecule has 2 heterocycles. The first kappa shape index (κ1) is 21.2. The minimum Gasteiger partial charge on any atom is -0.383 e. The molecule has 6 nitrogen and oxygen atoms in total. The summed E-state index contributed by atoms with van der Waals surface area (Å²) in [6.07, 6.45) is 1.45. The Hall–Kier alpha value is -3.03. The van der Waals surface area contributed by atoms with Crippen LogP contribution in [-0.4, -0.2) is 40.6 Å². The fourth-order valence-corrected chi connectivity index (χ4v) is 4.13. The fraction of sp³-hybridized carbons (Fsp3) is 0.333. The molecule has 2 N–H and O–H groups in total. The Morgan fingerprint density at radius 1 is 1.19 bits per heavy atom. The number of halogens is 1. The van der Waals surface area contributed by atoms with Crippen molar-refractivity contribution in [3.63, 3.8) is 0 Å². The van der Waals surface area contributed by atoms with Gasteiger partial charge in [0, 0.05) is 25.8 Å². The lowest BCUT2D eigenvalue weighted by atomic mass is 9.77. The molecule has 1 saturated heterocycles. The summed E-state index contributed by atoms with van der Waals surface area (Å²) in [5.41, 5.74) is 1.24. The van der Waals surface area contributed by atoms with Gasteiger partial charge in [-0.3, -0.25) is 9.48 Å². The zero-order valence-electron chi connectivity index (χ0n) is 17.4. The Bertz CT molecular complexity index is 1030. The molecule has 0 unspecified atom stereocenters. The van der Waals surface area contributed by atoms with Gasteiger partial charge in [-0.05, 0) is 54.7 Å². The van der Waals surface area contributed by atoms with Crippen LogP contribution in [0.15, 0.2) is 60.7 Å². The number of aromatic nitrogens is 2. The van der Waals surface area contributed by atoms with Crippen LogP contribution in [0.3, 0.4) is 0 Å². The van der Waals surface area contributed by atoms with E-state index >= 15 is 0 Å². The predicted molar refractivity (Wildman–Crippen MR) is 115 cm³/mol. The van der Waals surface area contributed by atoms with E-state index in [1.165, 1.54) is 16.8 Å². The number of carbonyl (C=O) groups is 1. The van der Waals surface area contributed by atoms with E-state index in [2.05, 4.69) is 10.4 Å². The van der Waals surface area contributed by atoms with Gasteiger partial charge in [-0.1, -0.05) is 30.3 Å². The normalized spacial score (nSPS) is 16.6. The van der Waals surface area contributed by atoms with Crippen LogP contribution in [0.25, 0.3) is 11.3 Å². The molecule has 0 radical (unpaired) electrons. The molecule has 4 rings (SSSR count). The topological polar surface area (TPSA) is 76.4 Å². The van der Waals surface area contributed by atoms with Crippen LogP contribution in [0.4, 0.5) is 4.39 Å². The summed E-state index contributed by atoms with van der Waals surface area (Å²) < 4.78 is 20.1. The molecule has 0 bridgehead atoms. The van der Waals surface area contributed by atoms with Gasteiger partial charge in [-0.25, -0.2) is 4.39 Å². The van der Waals surface area contributed by atoms with Crippen molar-refractivity contribution in [1.29, 1.82) is 0 Å². The van der Waals surface area contributed by atoms with Crippen LogP contribution in [0, 0.1) is 11.7 Å². The average Bonchev–Trinajstić information content (AvgIpc) is 3.20. The minimum absolute atomic E-state index is 0.0229. The van der Waals surface area contributed by atoms with Crippen LogP contribution in [-0.2, 0) is 17.4 Å². The molecule has 31 heavy (non-hydrogen) atoms. The first-order valence-electron chi connectivity index (χ1n) is 10.4. The molecule has 1 aliphatic rings. The Kier molecular flexibility index (Phi) is 6.15. The van der Waals surface area contributed by atoms with Gasteiger partial charge in [0.1, 0.15) is 17.1 Å². The zero-order valence-corrected chi connectivity index (χ0v) is 17.4. The molecule has 0 spiro atoms. The fourth-order valence-electron chi connectivity index (χ4n) is 4.13. The molecule has 0 saturated carbocycles. The van der Waals surface area contributed by atoms with Crippen LogP contribution < -0.4 is 5.32 Å². The lowest BCUT2D eigenvalue weighted by Gasteiger charge is -2.39. The second-order valence-corrected chi connectivity index (χ2v) is 7.90. The number of nitrogens with zero attached hydrogens (tertiary/aromatic N) is 2. The molecule has 1 amide bonds. The zero-order chi connectivity index (χ0) is 21.8. The molecule has 7 heteroatoms. The highest BCUT2D eigenvalue weighted by molar-refractivity contribution is 5.93. The Balaban J connectivity index is 1.54. The Morgan fingerprint density at radius 2 is 1.87 bits per heavy atom. The van der Waals surface area contributed by atoms with Crippen LogP contribution >= 0.6 is 0 Å². The molecular formula is C24H26FN3O3. The van der Waals surface area contributed by atoms with Gasteiger partial charge >= 0.3 is 0 Å². The number of aryl methyl sites for hydroxylation is 1. The average molecular weight is 423 g/mol. The van der Waals surface area contributed by atoms with Gasteiger partial charge in [0.05, 0.1) is 12.2 Å². The summed E-state index contributed by atoms with van der Waals surface area (Å²) in [5.74, 6) is -0.680. The van der Waals surface area contributed by atoms with E-state index in [0.29, 0.717) is 24.6 Å². The summed E-state index contributed by atoms with van der Waals surface area (Å²) in [7, 11) is 1.68. The SMILES string of the molecule is Cn1nc(-c2ccc(F)cc2)cc1C(=O)NC[C@@](O)(c1ccccc1)C1CCOCC1. The monoisotopic (exact) mass is 423 g/mol. The van der Waals surface area contributed by atoms with Crippen molar-refractivity contribution in [3.05, 3.63) is 77.7 Å². The van der Waals surface area contributed by atoms with Crippen molar-refractivity contribution in [3.8, 4) is 11.3 Å². The number of ether oxygens (including phenoxy) is 1. The highest BCUT2D eigenvalue weighted by atomic mass is 19.1. The maximum atomic E-state index is 13.2. The number of rotatable bonds is 6. The van der Waals surface area contributed by atoms with E-state index in [0.717, 1.165) is 24.0 Å². The van der Waals surface area contributed by atoms with Gasteiger partial charge in [0.2, 0.25) is 0 Å². The number of hydrogen-bond acceptors (Lipinski definition) is 4. The second kappa shape index (κ2) is 8.99. The van der Waals surface area contributed by atoms with E-state index in [1.807, 2.05) is 30.3 Å². The molecule has 162 valence electrons. The molecule has 3 aromatic rings. The lowest BCUT2D eigenvalue weighted by molar-refractivity contribution is -0.0680. The Morgan fingerprint density at radius 3 is 2.55 bits per heavy atom. The highest BCUT2D eigenvalue weighted by Gasteiger charge is 2.39. The number of hydrogen-bond donors (Lipinski definition) is 2. The largest absolute Gasteiger partial charge is 0.383 e. The first-order valence-corrected chi connectivity index (χ1v) is 10.4. The highest BCUT2D eigenvalue weighted by Crippen LogP contribution is 2.35. The summed E-state index contributed by atoms with van der Waals surface area (Å²) >= 11 is 0. The number of nitrogens with one attached hydrogen (secondary N) is 1. The molecule has 1 aromatic heterocycles. The van der Waals surface area contributed by atoms with Crippen molar-refractivity contribution in [2.24, 2.45) is 13.0 Å². The number of carbonyl (C=O) groups excluding carboxylic acids is 1.